The number of amides is 1. The van der Waals surface area contributed by atoms with E-state index in [0.717, 1.165) is 6.42 Å². The summed E-state index contributed by atoms with van der Waals surface area (Å²) < 4.78 is 13.7. The van der Waals surface area contributed by atoms with Gasteiger partial charge in [-0.2, -0.15) is 0 Å². The van der Waals surface area contributed by atoms with Gasteiger partial charge in [-0.15, -0.1) is 0 Å². The van der Waals surface area contributed by atoms with Crippen molar-refractivity contribution in [3.05, 3.63) is 64.4 Å². The Labute approximate surface area is 140 Å². The Balaban J connectivity index is 1.61. The fourth-order valence-electron chi connectivity index (χ4n) is 3.03. The SMILES string of the molecule is CC1Cc2ccccc2N1CCNC(=O)c1cc(Cl)ccc1F. The van der Waals surface area contributed by atoms with Crippen LogP contribution < -0.4 is 10.2 Å². The van der Waals surface area contributed by atoms with Gasteiger partial charge >= 0.3 is 0 Å². The number of rotatable bonds is 4. The highest BCUT2D eigenvalue weighted by Gasteiger charge is 2.25. The molecule has 1 aliphatic heterocycles. The lowest BCUT2D eigenvalue weighted by Gasteiger charge is -2.25. The molecule has 1 aliphatic rings. The molecule has 0 aliphatic carbocycles. The maximum absolute atomic E-state index is 13.7. The standard InChI is InChI=1S/C18H18ClFN2O/c1-12-10-13-4-2-3-5-17(13)22(12)9-8-21-18(23)15-11-14(19)6-7-16(15)20/h2-7,11-12H,8-10H2,1H3,(H,21,23). The molecule has 1 amide bonds. The number of carbonyl (C=O) groups is 1. The Morgan fingerprint density at radius 2 is 2.13 bits per heavy atom. The summed E-state index contributed by atoms with van der Waals surface area (Å²) in [4.78, 5) is 14.4. The van der Waals surface area contributed by atoms with Crippen LogP contribution in [0.3, 0.4) is 0 Å². The third-order valence-corrected chi connectivity index (χ3v) is 4.39. The van der Waals surface area contributed by atoms with Gasteiger partial charge in [0.2, 0.25) is 0 Å². The zero-order chi connectivity index (χ0) is 16.4. The molecule has 5 heteroatoms. The lowest BCUT2D eigenvalue weighted by Crippen LogP contribution is -2.38. The van der Waals surface area contributed by atoms with Crippen molar-refractivity contribution in [2.24, 2.45) is 0 Å². The van der Waals surface area contributed by atoms with Gasteiger partial charge in [-0.25, -0.2) is 4.39 Å². The van der Waals surface area contributed by atoms with E-state index in [9.17, 15) is 9.18 Å². The van der Waals surface area contributed by atoms with E-state index in [1.165, 1.54) is 29.4 Å². The molecule has 0 fully saturated rings. The summed E-state index contributed by atoms with van der Waals surface area (Å²) in [6, 6.07) is 12.7. The largest absolute Gasteiger partial charge is 0.367 e. The average molecular weight is 333 g/mol. The van der Waals surface area contributed by atoms with E-state index < -0.39 is 11.7 Å². The van der Waals surface area contributed by atoms with E-state index in [1.807, 2.05) is 12.1 Å². The number of hydrogen-bond acceptors (Lipinski definition) is 2. The highest BCUT2D eigenvalue weighted by Crippen LogP contribution is 2.31. The quantitative estimate of drug-likeness (QED) is 0.926. The third-order valence-electron chi connectivity index (χ3n) is 4.16. The Morgan fingerprint density at radius 3 is 2.96 bits per heavy atom. The number of carbonyl (C=O) groups excluding carboxylic acids is 1. The molecule has 1 N–H and O–H groups in total. The van der Waals surface area contributed by atoms with Crippen LogP contribution in [-0.4, -0.2) is 25.0 Å². The minimum Gasteiger partial charge on any atom is -0.367 e. The van der Waals surface area contributed by atoms with Crippen LogP contribution in [0.1, 0.15) is 22.8 Å². The molecule has 1 atom stereocenters. The highest BCUT2D eigenvalue weighted by atomic mass is 35.5. The van der Waals surface area contributed by atoms with E-state index in [-0.39, 0.29) is 5.56 Å². The second-order valence-electron chi connectivity index (χ2n) is 5.76. The van der Waals surface area contributed by atoms with Gasteiger partial charge < -0.3 is 10.2 Å². The average Bonchev–Trinajstić information content (AvgIpc) is 2.85. The summed E-state index contributed by atoms with van der Waals surface area (Å²) >= 11 is 5.82. The molecule has 0 saturated carbocycles. The number of benzene rings is 2. The molecule has 1 unspecified atom stereocenters. The number of anilines is 1. The van der Waals surface area contributed by atoms with Gasteiger partial charge in [-0.05, 0) is 43.2 Å². The molecule has 23 heavy (non-hydrogen) atoms. The van der Waals surface area contributed by atoms with Crippen molar-refractivity contribution < 1.29 is 9.18 Å². The molecule has 0 saturated heterocycles. The van der Waals surface area contributed by atoms with E-state index in [4.69, 9.17) is 11.6 Å². The molecule has 120 valence electrons. The minimum atomic E-state index is -0.563. The van der Waals surface area contributed by atoms with Crippen LogP contribution in [0.4, 0.5) is 10.1 Å². The number of halogens is 2. The molecule has 1 heterocycles. The van der Waals surface area contributed by atoms with Crippen molar-refractivity contribution in [3.63, 3.8) is 0 Å². The third kappa shape index (κ3) is 3.32. The van der Waals surface area contributed by atoms with Crippen LogP contribution in [0.5, 0.6) is 0 Å². The molecule has 0 radical (unpaired) electrons. The molecular weight excluding hydrogens is 315 g/mol. The molecule has 0 aromatic heterocycles. The highest BCUT2D eigenvalue weighted by molar-refractivity contribution is 6.31. The maximum Gasteiger partial charge on any atom is 0.254 e. The summed E-state index contributed by atoms with van der Waals surface area (Å²) in [7, 11) is 0. The molecule has 3 nitrogen and oxygen atoms in total. The van der Waals surface area contributed by atoms with Gasteiger partial charge in [-0.1, -0.05) is 29.8 Å². The minimum absolute atomic E-state index is 0.0210. The molecule has 2 aromatic carbocycles. The zero-order valence-corrected chi connectivity index (χ0v) is 13.6. The van der Waals surface area contributed by atoms with Crippen molar-refractivity contribution in [1.82, 2.24) is 5.32 Å². The number of nitrogens with one attached hydrogen (secondary N) is 1. The predicted octanol–water partition coefficient (Wildman–Crippen LogP) is 3.66. The first-order valence-corrected chi connectivity index (χ1v) is 8.02. The lowest BCUT2D eigenvalue weighted by molar-refractivity contribution is 0.0950. The first kappa shape index (κ1) is 15.8. The van der Waals surface area contributed by atoms with E-state index in [0.29, 0.717) is 24.2 Å². The number of para-hydroxylation sites is 1. The Hall–Kier alpha value is -2.07. The van der Waals surface area contributed by atoms with Crippen LogP contribution >= 0.6 is 11.6 Å². The summed E-state index contributed by atoms with van der Waals surface area (Å²) in [5.41, 5.74) is 2.52. The number of hydrogen-bond donors (Lipinski definition) is 1. The van der Waals surface area contributed by atoms with Crippen LogP contribution in [0, 0.1) is 5.82 Å². The molecular formula is C18H18ClFN2O. The van der Waals surface area contributed by atoms with E-state index in [2.05, 4.69) is 29.3 Å². The summed E-state index contributed by atoms with van der Waals surface area (Å²) in [6.07, 6.45) is 1.01. The van der Waals surface area contributed by atoms with E-state index in [1.54, 1.807) is 0 Å². The van der Waals surface area contributed by atoms with Gasteiger partial charge in [0, 0.05) is 29.8 Å². The summed E-state index contributed by atoms with van der Waals surface area (Å²) in [5, 5.41) is 3.11. The monoisotopic (exact) mass is 332 g/mol. The maximum atomic E-state index is 13.7. The zero-order valence-electron chi connectivity index (χ0n) is 12.9. The van der Waals surface area contributed by atoms with Crippen LogP contribution in [0.25, 0.3) is 0 Å². The first-order chi connectivity index (χ1) is 11.1. The molecule has 2 aromatic rings. The van der Waals surface area contributed by atoms with Crippen molar-refractivity contribution in [1.29, 1.82) is 0 Å². The van der Waals surface area contributed by atoms with Crippen molar-refractivity contribution in [2.45, 2.75) is 19.4 Å². The van der Waals surface area contributed by atoms with Crippen LogP contribution in [-0.2, 0) is 6.42 Å². The first-order valence-electron chi connectivity index (χ1n) is 7.64. The van der Waals surface area contributed by atoms with E-state index >= 15 is 0 Å². The van der Waals surface area contributed by atoms with Gasteiger partial charge in [0.1, 0.15) is 5.82 Å². The Bertz CT molecular complexity index is 735. The topological polar surface area (TPSA) is 32.3 Å². The Kier molecular flexibility index (Phi) is 4.53. The lowest BCUT2D eigenvalue weighted by atomic mass is 10.1. The summed E-state index contributed by atoms with van der Waals surface area (Å²) in [5.74, 6) is -1.00. The number of nitrogens with zero attached hydrogens (tertiary/aromatic N) is 1. The molecule has 3 rings (SSSR count). The van der Waals surface area contributed by atoms with Gasteiger partial charge in [0.25, 0.3) is 5.91 Å². The second kappa shape index (κ2) is 6.59. The fourth-order valence-corrected chi connectivity index (χ4v) is 3.20. The smallest absolute Gasteiger partial charge is 0.254 e. The molecule has 0 spiro atoms. The van der Waals surface area contributed by atoms with Crippen molar-refractivity contribution in [2.75, 3.05) is 18.0 Å². The predicted molar refractivity (Wildman–Crippen MR) is 90.7 cm³/mol. The Morgan fingerprint density at radius 1 is 1.35 bits per heavy atom. The van der Waals surface area contributed by atoms with Crippen molar-refractivity contribution in [3.8, 4) is 0 Å². The second-order valence-corrected chi connectivity index (χ2v) is 6.19. The summed E-state index contributed by atoms with van der Waals surface area (Å²) in [6.45, 7) is 3.30. The van der Waals surface area contributed by atoms with Crippen LogP contribution in [0.15, 0.2) is 42.5 Å². The van der Waals surface area contributed by atoms with Gasteiger partial charge in [0.05, 0.1) is 5.56 Å². The normalized spacial score (nSPS) is 16.3. The molecule has 0 bridgehead atoms. The van der Waals surface area contributed by atoms with Crippen LogP contribution in [0.2, 0.25) is 5.02 Å². The number of fused-ring (bicyclic) bond motifs is 1. The van der Waals surface area contributed by atoms with Crippen molar-refractivity contribution >= 4 is 23.2 Å². The van der Waals surface area contributed by atoms with Gasteiger partial charge in [-0.3, -0.25) is 4.79 Å². The van der Waals surface area contributed by atoms with Gasteiger partial charge in [0.15, 0.2) is 0 Å². The fraction of sp³-hybridized carbons (Fsp3) is 0.278.